The molecule has 0 aliphatic heterocycles. The summed E-state index contributed by atoms with van der Waals surface area (Å²) >= 11 is 0. The van der Waals surface area contributed by atoms with E-state index in [0.29, 0.717) is 19.6 Å². The molecule has 1 unspecified atom stereocenters. The zero-order valence-corrected chi connectivity index (χ0v) is 12.3. The first-order valence-corrected chi connectivity index (χ1v) is 7.92. The van der Waals surface area contributed by atoms with Gasteiger partial charge in [-0.2, -0.15) is 0 Å². The van der Waals surface area contributed by atoms with Crippen LogP contribution in [0.3, 0.4) is 0 Å². The van der Waals surface area contributed by atoms with Crippen molar-refractivity contribution in [3.05, 3.63) is 11.9 Å². The van der Waals surface area contributed by atoms with Crippen LogP contribution in [0.2, 0.25) is 0 Å². The molecule has 0 saturated heterocycles. The third-order valence-electron chi connectivity index (χ3n) is 2.69. The largest absolute Gasteiger partial charge is 0.396 e. The summed E-state index contributed by atoms with van der Waals surface area (Å²) in [6.07, 6.45) is 2.34. The summed E-state index contributed by atoms with van der Waals surface area (Å²) in [5, 5.41) is 18.1. The predicted octanol–water partition coefficient (Wildman–Crippen LogP) is 2.39. The van der Waals surface area contributed by atoms with Crippen LogP contribution in [0.5, 0.6) is 0 Å². The van der Waals surface area contributed by atoms with Crippen LogP contribution in [0, 0.1) is 11.8 Å². The minimum atomic E-state index is -3.13. The highest BCUT2D eigenvalue weighted by atomic mass is 31.2. The first kappa shape index (κ1) is 17.8. The smallest absolute Gasteiger partial charge is 0.353 e. The predicted molar refractivity (Wildman–Crippen MR) is 71.4 cm³/mol. The maximum absolute atomic E-state index is 12.1. The Bertz CT molecular complexity index is 266. The average molecular weight is 280 g/mol. The van der Waals surface area contributed by atoms with E-state index in [1.54, 1.807) is 19.9 Å². The molecule has 2 N–H and O–H groups in total. The van der Waals surface area contributed by atoms with Crippen molar-refractivity contribution in [1.82, 2.24) is 0 Å². The summed E-state index contributed by atoms with van der Waals surface area (Å²) in [7, 11) is -3.13. The fourth-order valence-electron chi connectivity index (χ4n) is 1.50. The second kappa shape index (κ2) is 9.70. The van der Waals surface area contributed by atoms with Gasteiger partial charge < -0.3 is 19.3 Å². The molecule has 0 heterocycles. The van der Waals surface area contributed by atoms with E-state index in [-0.39, 0.29) is 25.0 Å². The molecule has 18 heavy (non-hydrogen) atoms. The minimum absolute atomic E-state index is 0.0555. The summed E-state index contributed by atoms with van der Waals surface area (Å²) in [6.45, 7) is 5.99. The molecule has 0 aliphatic rings. The quantitative estimate of drug-likeness (QED) is 0.601. The molecule has 0 amide bonds. The lowest BCUT2D eigenvalue weighted by atomic mass is 9.93. The van der Waals surface area contributed by atoms with Gasteiger partial charge in [-0.3, -0.25) is 4.57 Å². The summed E-state index contributed by atoms with van der Waals surface area (Å²) in [5.74, 6) is 1.41. The molecule has 0 fully saturated rings. The van der Waals surface area contributed by atoms with E-state index in [1.807, 2.05) is 6.92 Å². The van der Waals surface area contributed by atoms with E-state index in [4.69, 9.17) is 19.3 Å². The molecule has 0 saturated carbocycles. The number of aliphatic hydroxyl groups is 2. The Morgan fingerprint density at radius 3 is 2.06 bits per heavy atom. The Labute approximate surface area is 109 Å². The maximum Gasteiger partial charge on any atom is 0.353 e. The van der Waals surface area contributed by atoms with Crippen molar-refractivity contribution in [2.45, 2.75) is 27.2 Å². The molecular formula is C12H25O5P. The Morgan fingerprint density at radius 1 is 1.17 bits per heavy atom. The van der Waals surface area contributed by atoms with Crippen molar-refractivity contribution in [1.29, 1.82) is 0 Å². The first-order chi connectivity index (χ1) is 8.52. The Kier molecular flexibility index (Phi) is 9.60. The molecule has 0 spiro atoms. The van der Waals surface area contributed by atoms with Gasteiger partial charge in [-0.15, -0.1) is 0 Å². The van der Waals surface area contributed by atoms with Gasteiger partial charge in [0.15, 0.2) is 0 Å². The van der Waals surface area contributed by atoms with E-state index < -0.39 is 7.60 Å². The molecule has 0 aromatic rings. The van der Waals surface area contributed by atoms with Crippen molar-refractivity contribution < 1.29 is 23.8 Å². The highest BCUT2D eigenvalue weighted by molar-refractivity contribution is 7.57. The zero-order valence-electron chi connectivity index (χ0n) is 11.4. The van der Waals surface area contributed by atoms with E-state index >= 15 is 0 Å². The van der Waals surface area contributed by atoms with Crippen LogP contribution in [-0.4, -0.2) is 36.6 Å². The maximum atomic E-state index is 12.1. The minimum Gasteiger partial charge on any atom is -0.396 e. The van der Waals surface area contributed by atoms with Gasteiger partial charge in [-0.25, -0.2) is 0 Å². The second-order valence-corrected chi connectivity index (χ2v) is 5.99. The third-order valence-corrected chi connectivity index (χ3v) is 4.50. The lowest BCUT2D eigenvalue weighted by Crippen LogP contribution is -2.19. The average Bonchev–Trinajstić information content (AvgIpc) is 2.31. The number of allylic oxidation sites excluding steroid dienone is 1. The zero-order chi connectivity index (χ0) is 14.0. The van der Waals surface area contributed by atoms with Crippen molar-refractivity contribution in [2.24, 2.45) is 11.8 Å². The molecule has 0 aliphatic carbocycles. The summed E-state index contributed by atoms with van der Waals surface area (Å²) in [5.41, 5.74) is 0. The number of hydrogen-bond acceptors (Lipinski definition) is 5. The van der Waals surface area contributed by atoms with E-state index in [1.165, 1.54) is 5.82 Å². The van der Waals surface area contributed by atoms with Gasteiger partial charge in [-0.05, 0) is 26.2 Å². The Balaban J connectivity index is 4.38. The lowest BCUT2D eigenvalue weighted by Gasteiger charge is -2.18. The van der Waals surface area contributed by atoms with Gasteiger partial charge in [0.05, 0.1) is 13.2 Å². The van der Waals surface area contributed by atoms with Crippen molar-refractivity contribution in [2.75, 3.05) is 26.4 Å². The number of aliphatic hydroxyl groups excluding tert-OH is 2. The van der Waals surface area contributed by atoms with Crippen molar-refractivity contribution in [3.63, 3.8) is 0 Å². The molecule has 0 radical (unpaired) electrons. The number of hydrogen-bond donors (Lipinski definition) is 2. The van der Waals surface area contributed by atoms with Crippen LogP contribution in [0.4, 0.5) is 0 Å². The van der Waals surface area contributed by atoms with Crippen LogP contribution < -0.4 is 0 Å². The van der Waals surface area contributed by atoms with Crippen LogP contribution in [-0.2, 0) is 13.6 Å². The number of rotatable bonds is 10. The van der Waals surface area contributed by atoms with Gasteiger partial charge >= 0.3 is 7.60 Å². The Hall–Kier alpha value is -0.190. The van der Waals surface area contributed by atoms with Gasteiger partial charge in [-0.1, -0.05) is 13.0 Å². The van der Waals surface area contributed by atoms with Gasteiger partial charge in [0.25, 0.3) is 0 Å². The second-order valence-electron chi connectivity index (χ2n) is 4.10. The monoisotopic (exact) mass is 280 g/mol. The van der Waals surface area contributed by atoms with Crippen LogP contribution >= 0.6 is 7.60 Å². The van der Waals surface area contributed by atoms with E-state index in [9.17, 15) is 4.57 Å². The molecular weight excluding hydrogens is 255 g/mol. The molecule has 6 heteroatoms. The fourth-order valence-corrected chi connectivity index (χ4v) is 2.84. The summed E-state index contributed by atoms with van der Waals surface area (Å²) in [6, 6.07) is 0. The van der Waals surface area contributed by atoms with Gasteiger partial charge in [0.1, 0.15) is 0 Å². The van der Waals surface area contributed by atoms with E-state index in [0.717, 1.165) is 0 Å². The lowest BCUT2D eigenvalue weighted by molar-refractivity contribution is 0.113. The van der Waals surface area contributed by atoms with Crippen LogP contribution in [0.15, 0.2) is 11.9 Å². The standard InChI is InChI=1S/C12H25O5P/c1-4-16-18(15,17-5-2)8-6-7-11(3)12(9-13)10-14/h6,8,11-14H,4-5,7,9-10H2,1-3H3. The fraction of sp³-hybridized carbons (Fsp3) is 0.833. The Morgan fingerprint density at radius 2 is 1.67 bits per heavy atom. The molecule has 0 aromatic carbocycles. The molecule has 0 rings (SSSR count). The molecule has 108 valence electrons. The summed E-state index contributed by atoms with van der Waals surface area (Å²) in [4.78, 5) is 0. The van der Waals surface area contributed by atoms with Gasteiger partial charge in [0, 0.05) is 24.9 Å². The highest BCUT2D eigenvalue weighted by Gasteiger charge is 2.19. The first-order valence-electron chi connectivity index (χ1n) is 6.31. The molecule has 5 nitrogen and oxygen atoms in total. The SMILES string of the molecule is CCOP(=O)(C=CCC(C)C(CO)CO)OCC. The molecule has 0 aromatic heterocycles. The van der Waals surface area contributed by atoms with Crippen LogP contribution in [0.25, 0.3) is 0 Å². The molecule has 0 bridgehead atoms. The third kappa shape index (κ3) is 6.66. The van der Waals surface area contributed by atoms with Gasteiger partial charge in [0.2, 0.25) is 0 Å². The van der Waals surface area contributed by atoms with Crippen LogP contribution in [0.1, 0.15) is 27.2 Å². The topological polar surface area (TPSA) is 76.0 Å². The normalized spacial score (nSPS) is 14.6. The highest BCUT2D eigenvalue weighted by Crippen LogP contribution is 2.49. The summed E-state index contributed by atoms with van der Waals surface area (Å²) < 4.78 is 22.3. The van der Waals surface area contributed by atoms with Crippen molar-refractivity contribution >= 4 is 7.60 Å². The van der Waals surface area contributed by atoms with Crippen molar-refractivity contribution in [3.8, 4) is 0 Å². The molecule has 1 atom stereocenters. The van der Waals surface area contributed by atoms with E-state index in [2.05, 4.69) is 0 Å².